The topological polar surface area (TPSA) is 84.4 Å². The fourth-order valence-corrected chi connectivity index (χ4v) is 1.50. The number of nitrogens with two attached hydrogens (primary N) is 2. The van der Waals surface area contributed by atoms with Crippen LogP contribution in [0.4, 0.5) is 0 Å². The minimum atomic E-state index is -0.132. The lowest BCUT2D eigenvalue weighted by molar-refractivity contribution is -0.122. The van der Waals surface area contributed by atoms with Gasteiger partial charge in [-0.3, -0.25) is 15.1 Å². The standard InChI is InChI=1S/C7H16N4O/c8-3-6-1-2-11(4-6)5-7(12)10-9/h6H,1-5,8-9H2,(H,10,12). The van der Waals surface area contributed by atoms with E-state index >= 15 is 0 Å². The van der Waals surface area contributed by atoms with Gasteiger partial charge in [0.25, 0.3) is 0 Å². The van der Waals surface area contributed by atoms with Crippen LogP contribution < -0.4 is 17.0 Å². The second-order valence-corrected chi connectivity index (χ2v) is 3.19. The van der Waals surface area contributed by atoms with Gasteiger partial charge >= 0.3 is 0 Å². The molecule has 0 radical (unpaired) electrons. The third kappa shape index (κ3) is 2.44. The summed E-state index contributed by atoms with van der Waals surface area (Å²) in [5, 5.41) is 0. The van der Waals surface area contributed by atoms with Gasteiger partial charge in [-0.25, -0.2) is 5.84 Å². The molecule has 0 bridgehead atoms. The number of hydrogen-bond acceptors (Lipinski definition) is 4. The number of carbonyl (C=O) groups is 1. The molecule has 0 spiro atoms. The molecular weight excluding hydrogens is 156 g/mol. The zero-order valence-electron chi connectivity index (χ0n) is 7.12. The highest BCUT2D eigenvalue weighted by Crippen LogP contribution is 2.13. The Morgan fingerprint density at radius 2 is 2.42 bits per heavy atom. The second-order valence-electron chi connectivity index (χ2n) is 3.19. The van der Waals surface area contributed by atoms with Gasteiger partial charge in [-0.2, -0.15) is 0 Å². The first kappa shape index (κ1) is 9.44. The van der Waals surface area contributed by atoms with Gasteiger partial charge in [-0.1, -0.05) is 0 Å². The molecule has 1 aliphatic heterocycles. The summed E-state index contributed by atoms with van der Waals surface area (Å²) < 4.78 is 0. The van der Waals surface area contributed by atoms with E-state index in [9.17, 15) is 4.79 Å². The first-order chi connectivity index (χ1) is 5.76. The van der Waals surface area contributed by atoms with Crippen molar-refractivity contribution in [1.82, 2.24) is 10.3 Å². The van der Waals surface area contributed by atoms with E-state index in [0.717, 1.165) is 19.5 Å². The second kappa shape index (κ2) is 4.39. The fraction of sp³-hybridized carbons (Fsp3) is 0.857. The van der Waals surface area contributed by atoms with Gasteiger partial charge in [0.1, 0.15) is 0 Å². The summed E-state index contributed by atoms with van der Waals surface area (Å²) in [5.74, 6) is 5.39. The van der Waals surface area contributed by atoms with E-state index in [1.54, 1.807) is 0 Å². The SMILES string of the molecule is NCC1CCN(CC(=O)NN)C1. The Labute approximate surface area is 72.0 Å². The molecule has 1 rings (SSSR count). The highest BCUT2D eigenvalue weighted by molar-refractivity contribution is 5.77. The molecule has 1 amide bonds. The Kier molecular flexibility index (Phi) is 3.46. The Balaban J connectivity index is 2.23. The maximum atomic E-state index is 10.9. The monoisotopic (exact) mass is 172 g/mol. The molecule has 1 aliphatic rings. The maximum absolute atomic E-state index is 10.9. The summed E-state index contributed by atoms with van der Waals surface area (Å²) in [4.78, 5) is 12.9. The number of nitrogens with zero attached hydrogens (tertiary/aromatic N) is 1. The van der Waals surface area contributed by atoms with E-state index in [1.165, 1.54) is 0 Å². The normalized spacial score (nSPS) is 24.3. The van der Waals surface area contributed by atoms with Crippen LogP contribution in [0.15, 0.2) is 0 Å². The van der Waals surface area contributed by atoms with Crippen LogP contribution in [0.5, 0.6) is 0 Å². The maximum Gasteiger partial charge on any atom is 0.248 e. The van der Waals surface area contributed by atoms with Crippen molar-refractivity contribution in [2.45, 2.75) is 6.42 Å². The molecule has 12 heavy (non-hydrogen) atoms. The molecule has 1 saturated heterocycles. The van der Waals surface area contributed by atoms with E-state index in [-0.39, 0.29) is 5.91 Å². The smallest absolute Gasteiger partial charge is 0.248 e. The van der Waals surface area contributed by atoms with E-state index in [1.807, 2.05) is 0 Å². The Morgan fingerprint density at radius 1 is 1.67 bits per heavy atom. The third-order valence-electron chi connectivity index (χ3n) is 2.23. The number of hydrogen-bond donors (Lipinski definition) is 3. The molecule has 0 aromatic carbocycles. The zero-order chi connectivity index (χ0) is 8.97. The molecule has 1 unspecified atom stereocenters. The van der Waals surface area contributed by atoms with Crippen molar-refractivity contribution < 1.29 is 4.79 Å². The number of likely N-dealkylation sites (tertiary alicyclic amines) is 1. The highest BCUT2D eigenvalue weighted by atomic mass is 16.2. The molecule has 0 aromatic rings. The molecule has 0 aliphatic carbocycles. The minimum absolute atomic E-state index is 0.132. The van der Waals surface area contributed by atoms with E-state index in [0.29, 0.717) is 19.0 Å². The van der Waals surface area contributed by atoms with Gasteiger partial charge < -0.3 is 5.73 Å². The van der Waals surface area contributed by atoms with Gasteiger partial charge in [-0.05, 0) is 25.4 Å². The molecule has 5 nitrogen and oxygen atoms in total. The van der Waals surface area contributed by atoms with Gasteiger partial charge in [0.2, 0.25) is 5.91 Å². The molecule has 5 N–H and O–H groups in total. The molecule has 5 heteroatoms. The number of carbonyl (C=O) groups excluding carboxylic acids is 1. The zero-order valence-corrected chi connectivity index (χ0v) is 7.12. The average Bonchev–Trinajstić information content (AvgIpc) is 2.52. The summed E-state index contributed by atoms with van der Waals surface area (Å²) in [6.07, 6.45) is 1.09. The van der Waals surface area contributed by atoms with Crippen LogP contribution in [0.2, 0.25) is 0 Å². The predicted molar refractivity (Wildman–Crippen MR) is 45.9 cm³/mol. The lowest BCUT2D eigenvalue weighted by Crippen LogP contribution is -2.39. The molecule has 1 heterocycles. The molecule has 0 aromatic heterocycles. The van der Waals surface area contributed by atoms with Crippen molar-refractivity contribution in [3.05, 3.63) is 0 Å². The highest BCUT2D eigenvalue weighted by Gasteiger charge is 2.22. The van der Waals surface area contributed by atoms with Gasteiger partial charge in [-0.15, -0.1) is 0 Å². The van der Waals surface area contributed by atoms with Crippen molar-refractivity contribution in [3.63, 3.8) is 0 Å². The van der Waals surface area contributed by atoms with E-state index in [4.69, 9.17) is 11.6 Å². The Morgan fingerprint density at radius 3 is 2.92 bits per heavy atom. The minimum Gasteiger partial charge on any atom is -0.330 e. The quantitative estimate of drug-likeness (QED) is 0.268. The van der Waals surface area contributed by atoms with E-state index in [2.05, 4.69) is 10.3 Å². The Bertz CT molecular complexity index is 161. The molecule has 1 fully saturated rings. The fourth-order valence-electron chi connectivity index (χ4n) is 1.50. The summed E-state index contributed by atoms with van der Waals surface area (Å²) in [5.41, 5.74) is 7.62. The molecular formula is C7H16N4O. The molecule has 1 atom stereocenters. The summed E-state index contributed by atoms with van der Waals surface area (Å²) in [6.45, 7) is 2.98. The lowest BCUT2D eigenvalue weighted by Gasteiger charge is -2.13. The molecule has 70 valence electrons. The van der Waals surface area contributed by atoms with Crippen molar-refractivity contribution in [3.8, 4) is 0 Å². The van der Waals surface area contributed by atoms with Crippen LogP contribution in [0.25, 0.3) is 0 Å². The number of nitrogens with one attached hydrogen (secondary N) is 1. The lowest BCUT2D eigenvalue weighted by atomic mass is 10.1. The first-order valence-electron chi connectivity index (χ1n) is 4.18. The van der Waals surface area contributed by atoms with Crippen LogP contribution >= 0.6 is 0 Å². The van der Waals surface area contributed by atoms with Crippen LogP contribution in [0.1, 0.15) is 6.42 Å². The molecule has 0 saturated carbocycles. The largest absolute Gasteiger partial charge is 0.330 e. The van der Waals surface area contributed by atoms with Crippen LogP contribution in [-0.2, 0) is 4.79 Å². The van der Waals surface area contributed by atoms with Crippen LogP contribution in [0.3, 0.4) is 0 Å². The number of rotatable bonds is 3. The van der Waals surface area contributed by atoms with Gasteiger partial charge in [0.15, 0.2) is 0 Å². The number of amides is 1. The average molecular weight is 172 g/mol. The van der Waals surface area contributed by atoms with Crippen molar-refractivity contribution in [2.75, 3.05) is 26.2 Å². The number of hydrazine groups is 1. The summed E-state index contributed by atoms with van der Waals surface area (Å²) in [6, 6.07) is 0. The van der Waals surface area contributed by atoms with Crippen molar-refractivity contribution in [1.29, 1.82) is 0 Å². The van der Waals surface area contributed by atoms with Crippen LogP contribution in [-0.4, -0.2) is 37.0 Å². The van der Waals surface area contributed by atoms with E-state index < -0.39 is 0 Å². The van der Waals surface area contributed by atoms with Crippen LogP contribution in [0, 0.1) is 5.92 Å². The van der Waals surface area contributed by atoms with Crippen molar-refractivity contribution >= 4 is 5.91 Å². The predicted octanol–water partition coefficient (Wildman–Crippen LogP) is -1.74. The first-order valence-corrected chi connectivity index (χ1v) is 4.18. The summed E-state index contributed by atoms with van der Waals surface area (Å²) >= 11 is 0. The van der Waals surface area contributed by atoms with Gasteiger partial charge in [0, 0.05) is 6.54 Å². The van der Waals surface area contributed by atoms with Gasteiger partial charge in [0.05, 0.1) is 6.54 Å². The third-order valence-corrected chi connectivity index (χ3v) is 2.23. The Hall–Kier alpha value is -0.650. The summed E-state index contributed by atoms with van der Waals surface area (Å²) in [7, 11) is 0. The van der Waals surface area contributed by atoms with Crippen molar-refractivity contribution in [2.24, 2.45) is 17.5 Å².